The molecular formula is C16H11ClN4O5S. The lowest BCUT2D eigenvalue weighted by atomic mass is 10.2. The Bertz CT molecular complexity index is 1010. The molecule has 0 saturated heterocycles. The van der Waals surface area contributed by atoms with E-state index in [2.05, 4.69) is 15.5 Å². The van der Waals surface area contributed by atoms with Gasteiger partial charge < -0.3 is 14.8 Å². The Balaban J connectivity index is 1.61. The molecule has 0 spiro atoms. The van der Waals surface area contributed by atoms with Crippen molar-refractivity contribution >= 4 is 40.6 Å². The third-order valence-electron chi connectivity index (χ3n) is 3.29. The van der Waals surface area contributed by atoms with Crippen LogP contribution in [0.1, 0.15) is 0 Å². The molecule has 0 atom stereocenters. The number of nitro benzene ring substituents is 1. The minimum Gasteiger partial charge on any atom is -0.507 e. The fourth-order valence-corrected chi connectivity index (χ4v) is 2.84. The van der Waals surface area contributed by atoms with Gasteiger partial charge in [-0.15, -0.1) is 10.2 Å². The highest BCUT2D eigenvalue weighted by Gasteiger charge is 2.16. The molecule has 3 aromatic rings. The molecule has 1 heterocycles. The fourth-order valence-electron chi connectivity index (χ4n) is 2.09. The number of nitrogens with one attached hydrogen (secondary N) is 1. The SMILES string of the molecule is O=C(CSc1nnc(-c2ccccc2O)o1)Nc1ccc(Cl)c([N+](=O)[O-])c1. The molecule has 9 nitrogen and oxygen atoms in total. The maximum absolute atomic E-state index is 12.0. The van der Waals surface area contributed by atoms with Gasteiger partial charge in [0.05, 0.1) is 16.2 Å². The summed E-state index contributed by atoms with van der Waals surface area (Å²) in [5.41, 5.74) is 0.332. The number of phenolic OH excluding ortho intramolecular Hbond substituents is 1. The number of anilines is 1. The fraction of sp³-hybridized carbons (Fsp3) is 0.0625. The number of hydrogen-bond donors (Lipinski definition) is 2. The monoisotopic (exact) mass is 406 g/mol. The zero-order valence-electron chi connectivity index (χ0n) is 13.5. The Labute approximate surface area is 161 Å². The number of rotatable bonds is 6. The predicted octanol–water partition coefficient (Wildman–Crippen LogP) is 3.73. The third kappa shape index (κ3) is 4.54. The molecule has 0 aliphatic heterocycles. The van der Waals surface area contributed by atoms with E-state index in [0.717, 1.165) is 11.8 Å². The largest absolute Gasteiger partial charge is 0.507 e. The highest BCUT2D eigenvalue weighted by Crippen LogP contribution is 2.30. The number of nitrogens with zero attached hydrogens (tertiary/aromatic N) is 3. The normalized spacial score (nSPS) is 10.6. The lowest BCUT2D eigenvalue weighted by Gasteiger charge is -2.04. The van der Waals surface area contributed by atoms with Crippen LogP contribution in [0.25, 0.3) is 11.5 Å². The van der Waals surface area contributed by atoms with E-state index in [9.17, 15) is 20.0 Å². The van der Waals surface area contributed by atoms with Gasteiger partial charge in [0.15, 0.2) is 0 Å². The number of amides is 1. The minimum atomic E-state index is -0.633. The number of thioether (sulfide) groups is 1. The van der Waals surface area contributed by atoms with E-state index in [0.29, 0.717) is 5.56 Å². The number of halogens is 1. The van der Waals surface area contributed by atoms with Crippen LogP contribution in [0.5, 0.6) is 5.75 Å². The van der Waals surface area contributed by atoms with Crippen molar-refractivity contribution in [1.82, 2.24) is 10.2 Å². The van der Waals surface area contributed by atoms with Gasteiger partial charge in [0.2, 0.25) is 5.91 Å². The molecule has 0 saturated carbocycles. The van der Waals surface area contributed by atoms with Gasteiger partial charge in [0.25, 0.3) is 16.8 Å². The molecule has 0 aliphatic rings. The first-order chi connectivity index (χ1) is 12.9. The van der Waals surface area contributed by atoms with Crippen molar-refractivity contribution in [2.75, 3.05) is 11.1 Å². The second kappa shape index (κ2) is 8.06. The second-order valence-electron chi connectivity index (χ2n) is 5.15. The number of carbonyl (C=O) groups is 1. The van der Waals surface area contributed by atoms with Crippen LogP contribution in [0.2, 0.25) is 5.02 Å². The summed E-state index contributed by atoms with van der Waals surface area (Å²) in [4.78, 5) is 22.3. The zero-order chi connectivity index (χ0) is 19.4. The van der Waals surface area contributed by atoms with Crippen LogP contribution in [-0.4, -0.2) is 31.9 Å². The molecule has 1 aromatic heterocycles. The van der Waals surface area contributed by atoms with Gasteiger partial charge in [0.1, 0.15) is 10.8 Å². The Morgan fingerprint density at radius 2 is 2.07 bits per heavy atom. The van der Waals surface area contributed by atoms with Gasteiger partial charge in [0, 0.05) is 11.8 Å². The molecule has 0 unspecified atom stereocenters. The van der Waals surface area contributed by atoms with Crippen molar-refractivity contribution in [2.24, 2.45) is 0 Å². The van der Waals surface area contributed by atoms with Crippen LogP contribution >= 0.6 is 23.4 Å². The average Bonchev–Trinajstić information content (AvgIpc) is 3.10. The molecular weight excluding hydrogens is 396 g/mol. The summed E-state index contributed by atoms with van der Waals surface area (Å²) >= 11 is 6.72. The smallest absolute Gasteiger partial charge is 0.289 e. The maximum Gasteiger partial charge on any atom is 0.289 e. The Hall–Kier alpha value is -3.11. The van der Waals surface area contributed by atoms with Gasteiger partial charge >= 0.3 is 0 Å². The summed E-state index contributed by atoms with van der Waals surface area (Å²) in [6.07, 6.45) is 0. The number of phenols is 1. The van der Waals surface area contributed by atoms with Gasteiger partial charge in [-0.1, -0.05) is 35.5 Å². The lowest BCUT2D eigenvalue weighted by molar-refractivity contribution is -0.384. The van der Waals surface area contributed by atoms with Crippen molar-refractivity contribution in [2.45, 2.75) is 5.22 Å². The molecule has 138 valence electrons. The van der Waals surface area contributed by atoms with Crippen LogP contribution in [0, 0.1) is 10.1 Å². The van der Waals surface area contributed by atoms with E-state index in [1.165, 1.54) is 24.3 Å². The highest BCUT2D eigenvalue weighted by atomic mass is 35.5. The summed E-state index contributed by atoms with van der Waals surface area (Å²) < 4.78 is 5.41. The first-order valence-electron chi connectivity index (χ1n) is 7.42. The van der Waals surface area contributed by atoms with Crippen molar-refractivity contribution < 1.29 is 19.2 Å². The van der Waals surface area contributed by atoms with Crippen LogP contribution in [-0.2, 0) is 4.79 Å². The van der Waals surface area contributed by atoms with Crippen LogP contribution in [0.3, 0.4) is 0 Å². The number of carbonyl (C=O) groups excluding carboxylic acids is 1. The highest BCUT2D eigenvalue weighted by molar-refractivity contribution is 7.99. The van der Waals surface area contributed by atoms with Crippen molar-refractivity contribution in [3.63, 3.8) is 0 Å². The third-order valence-corrected chi connectivity index (χ3v) is 4.43. The van der Waals surface area contributed by atoms with Crippen LogP contribution < -0.4 is 5.32 Å². The molecule has 1 amide bonds. The first kappa shape index (κ1) is 18.7. The molecule has 27 heavy (non-hydrogen) atoms. The van der Waals surface area contributed by atoms with Crippen molar-refractivity contribution in [3.8, 4) is 17.2 Å². The van der Waals surface area contributed by atoms with E-state index in [1.807, 2.05) is 0 Å². The van der Waals surface area contributed by atoms with Crippen LogP contribution in [0.4, 0.5) is 11.4 Å². The number of hydrogen-bond acceptors (Lipinski definition) is 8. The number of aromatic nitrogens is 2. The molecule has 11 heteroatoms. The van der Waals surface area contributed by atoms with Crippen molar-refractivity contribution in [3.05, 3.63) is 57.6 Å². The van der Waals surface area contributed by atoms with Crippen molar-refractivity contribution in [1.29, 1.82) is 0 Å². The molecule has 0 radical (unpaired) electrons. The van der Waals surface area contributed by atoms with E-state index < -0.39 is 10.8 Å². The Morgan fingerprint density at radius 3 is 2.81 bits per heavy atom. The molecule has 0 aliphatic carbocycles. The lowest BCUT2D eigenvalue weighted by Crippen LogP contribution is -2.14. The average molecular weight is 407 g/mol. The summed E-state index contributed by atoms with van der Waals surface area (Å²) in [7, 11) is 0. The number of nitro groups is 1. The van der Waals surface area contributed by atoms with Gasteiger partial charge in [-0.25, -0.2) is 0 Å². The van der Waals surface area contributed by atoms with Gasteiger partial charge in [-0.05, 0) is 24.3 Å². The molecule has 0 bridgehead atoms. The number of para-hydroxylation sites is 1. The van der Waals surface area contributed by atoms with E-state index in [4.69, 9.17) is 16.0 Å². The second-order valence-corrected chi connectivity index (χ2v) is 6.48. The molecule has 2 N–H and O–H groups in total. The van der Waals surface area contributed by atoms with Gasteiger partial charge in [-0.3, -0.25) is 14.9 Å². The van der Waals surface area contributed by atoms with Gasteiger partial charge in [-0.2, -0.15) is 0 Å². The summed E-state index contributed by atoms with van der Waals surface area (Å²) in [6, 6.07) is 10.5. The molecule has 0 fully saturated rings. The predicted molar refractivity (Wildman–Crippen MR) is 98.9 cm³/mol. The van der Waals surface area contributed by atoms with Crippen LogP contribution in [0.15, 0.2) is 52.1 Å². The quantitative estimate of drug-likeness (QED) is 0.359. The van der Waals surface area contributed by atoms with E-state index >= 15 is 0 Å². The van der Waals surface area contributed by atoms with E-state index in [-0.39, 0.29) is 39.0 Å². The zero-order valence-corrected chi connectivity index (χ0v) is 15.0. The number of aromatic hydroxyl groups is 1. The topological polar surface area (TPSA) is 131 Å². The summed E-state index contributed by atoms with van der Waals surface area (Å²) in [6.45, 7) is 0. The Morgan fingerprint density at radius 1 is 1.30 bits per heavy atom. The Kier molecular flexibility index (Phi) is 5.57. The standard InChI is InChI=1S/C16H11ClN4O5S/c17-11-6-5-9(7-12(11)21(24)25)18-14(23)8-27-16-20-19-15(26-16)10-3-1-2-4-13(10)22/h1-7,22H,8H2,(H,18,23). The first-order valence-corrected chi connectivity index (χ1v) is 8.79. The molecule has 3 rings (SSSR count). The maximum atomic E-state index is 12.0. The number of benzene rings is 2. The minimum absolute atomic E-state index is 0.000208. The summed E-state index contributed by atoms with van der Waals surface area (Å²) in [5, 5.41) is 30.9. The summed E-state index contributed by atoms with van der Waals surface area (Å²) in [5.74, 6) is -0.346. The van der Waals surface area contributed by atoms with E-state index in [1.54, 1.807) is 18.2 Å². The molecule has 2 aromatic carbocycles.